The fraction of sp³-hybridized carbons (Fsp3) is 0.273. The molecule has 0 radical (unpaired) electrons. The van der Waals surface area contributed by atoms with Gasteiger partial charge in [-0.2, -0.15) is 13.2 Å². The van der Waals surface area contributed by atoms with Gasteiger partial charge in [-0.15, -0.1) is 0 Å². The van der Waals surface area contributed by atoms with Gasteiger partial charge in [-0.05, 0) is 48.2 Å². The smallest absolute Gasteiger partial charge is 0.416 e. The fourth-order valence-electron chi connectivity index (χ4n) is 3.51. The third kappa shape index (κ3) is 6.00. The van der Waals surface area contributed by atoms with E-state index in [-0.39, 0.29) is 18.4 Å². The van der Waals surface area contributed by atoms with Crippen molar-refractivity contribution in [2.75, 3.05) is 24.5 Å². The quantitative estimate of drug-likeness (QED) is 0.603. The van der Waals surface area contributed by atoms with Crippen LogP contribution in [0.15, 0.2) is 60.7 Å². The lowest BCUT2D eigenvalue weighted by Crippen LogP contribution is -2.39. The molecule has 3 N–H and O–H groups in total. The van der Waals surface area contributed by atoms with Gasteiger partial charge >= 0.3 is 12.3 Å². The second-order valence-electron chi connectivity index (χ2n) is 7.19. The molecule has 3 rings (SSSR count). The van der Waals surface area contributed by atoms with Crippen LogP contribution in [-0.4, -0.2) is 36.7 Å². The third-order valence-corrected chi connectivity index (χ3v) is 4.94. The van der Waals surface area contributed by atoms with Crippen molar-refractivity contribution in [2.24, 2.45) is 5.92 Å². The van der Waals surface area contributed by atoms with Crippen molar-refractivity contribution in [3.05, 3.63) is 71.8 Å². The molecule has 1 aliphatic heterocycles. The molecule has 0 saturated heterocycles. The summed E-state index contributed by atoms with van der Waals surface area (Å²) in [5.74, 6) is -0.293. The lowest BCUT2D eigenvalue weighted by molar-refractivity contribution is -0.137. The molecule has 2 aromatic carbocycles. The van der Waals surface area contributed by atoms with E-state index in [1.165, 1.54) is 24.3 Å². The predicted molar refractivity (Wildman–Crippen MR) is 110 cm³/mol. The second-order valence-corrected chi connectivity index (χ2v) is 7.19. The number of anilines is 2. The molecular weight excluding hydrogens is 411 g/mol. The first-order chi connectivity index (χ1) is 14.7. The summed E-state index contributed by atoms with van der Waals surface area (Å²) in [6.07, 6.45) is -2.17. The molecular formula is C22H22F3N3O3. The standard InChI is InChI=1S/C22H22F3N3O3/c23-22(24,25)17-7-9-18(10-8-17)28-14-15(12-16-4-1-2-5-19(16)28)13-27-20(29)6-3-11-26-21(30)31/h1-10,15,26H,11-14H2,(H,27,29)(H,30,31). The summed E-state index contributed by atoms with van der Waals surface area (Å²) in [5, 5.41) is 13.4. The van der Waals surface area contributed by atoms with Gasteiger partial charge in [0.2, 0.25) is 5.91 Å². The average molecular weight is 433 g/mol. The molecule has 31 heavy (non-hydrogen) atoms. The highest BCUT2D eigenvalue weighted by Crippen LogP contribution is 2.37. The Morgan fingerprint density at radius 1 is 1.10 bits per heavy atom. The molecule has 9 heteroatoms. The highest BCUT2D eigenvalue weighted by molar-refractivity contribution is 5.87. The zero-order valence-electron chi connectivity index (χ0n) is 16.5. The first kappa shape index (κ1) is 22.2. The molecule has 0 bridgehead atoms. The molecule has 2 amide bonds. The number of nitrogens with zero attached hydrogens (tertiary/aromatic N) is 1. The highest BCUT2D eigenvalue weighted by atomic mass is 19.4. The first-order valence-electron chi connectivity index (χ1n) is 9.68. The Balaban J connectivity index is 1.69. The maximum atomic E-state index is 12.9. The predicted octanol–water partition coefficient (Wildman–Crippen LogP) is 3.96. The zero-order valence-corrected chi connectivity index (χ0v) is 16.5. The fourth-order valence-corrected chi connectivity index (χ4v) is 3.51. The monoisotopic (exact) mass is 433 g/mol. The molecule has 1 unspecified atom stereocenters. The minimum atomic E-state index is -4.39. The van der Waals surface area contributed by atoms with Crippen LogP contribution in [0.2, 0.25) is 0 Å². The number of para-hydroxylation sites is 1. The summed E-state index contributed by atoms with van der Waals surface area (Å²) < 4.78 is 38.7. The van der Waals surface area contributed by atoms with Crippen LogP contribution in [0.1, 0.15) is 11.1 Å². The number of halogens is 3. The molecule has 0 fully saturated rings. The summed E-state index contributed by atoms with van der Waals surface area (Å²) in [4.78, 5) is 24.3. The van der Waals surface area contributed by atoms with Gasteiger partial charge in [-0.25, -0.2) is 4.79 Å². The molecule has 1 aliphatic rings. The zero-order chi connectivity index (χ0) is 22.4. The number of amides is 2. The van der Waals surface area contributed by atoms with E-state index in [2.05, 4.69) is 10.6 Å². The largest absolute Gasteiger partial charge is 0.465 e. The summed E-state index contributed by atoms with van der Waals surface area (Å²) in [6, 6.07) is 12.7. The maximum Gasteiger partial charge on any atom is 0.416 e. The average Bonchev–Trinajstić information content (AvgIpc) is 2.74. The van der Waals surface area contributed by atoms with Crippen molar-refractivity contribution in [3.63, 3.8) is 0 Å². The number of carbonyl (C=O) groups is 2. The number of benzene rings is 2. The van der Waals surface area contributed by atoms with E-state index in [0.717, 1.165) is 29.8 Å². The number of rotatable bonds is 6. The molecule has 0 saturated carbocycles. The van der Waals surface area contributed by atoms with E-state index in [9.17, 15) is 22.8 Å². The highest BCUT2D eigenvalue weighted by Gasteiger charge is 2.31. The van der Waals surface area contributed by atoms with E-state index in [1.807, 2.05) is 29.2 Å². The van der Waals surface area contributed by atoms with Gasteiger partial charge in [-0.1, -0.05) is 24.3 Å². The van der Waals surface area contributed by atoms with Crippen LogP contribution < -0.4 is 15.5 Å². The van der Waals surface area contributed by atoms with Crippen molar-refractivity contribution < 1.29 is 27.9 Å². The summed E-state index contributed by atoms with van der Waals surface area (Å²) in [6.45, 7) is 0.940. The first-order valence-corrected chi connectivity index (χ1v) is 9.68. The van der Waals surface area contributed by atoms with Crippen LogP contribution >= 0.6 is 0 Å². The van der Waals surface area contributed by atoms with Crippen molar-refractivity contribution >= 4 is 23.4 Å². The SMILES string of the molecule is O=C(O)NCC=CC(=O)NCC1Cc2ccccc2N(c2ccc(C(F)(F)F)cc2)C1. The molecule has 2 aromatic rings. The van der Waals surface area contributed by atoms with E-state index >= 15 is 0 Å². The lowest BCUT2D eigenvalue weighted by atomic mass is 9.91. The van der Waals surface area contributed by atoms with Crippen LogP contribution in [0, 0.1) is 5.92 Å². The second kappa shape index (κ2) is 9.55. The number of hydrogen-bond acceptors (Lipinski definition) is 3. The lowest BCUT2D eigenvalue weighted by Gasteiger charge is -2.36. The molecule has 0 aliphatic carbocycles. The van der Waals surface area contributed by atoms with Crippen molar-refractivity contribution in [3.8, 4) is 0 Å². The Morgan fingerprint density at radius 2 is 1.81 bits per heavy atom. The maximum absolute atomic E-state index is 12.9. The topological polar surface area (TPSA) is 81.7 Å². The molecule has 0 aromatic heterocycles. The van der Waals surface area contributed by atoms with Crippen LogP contribution in [0.3, 0.4) is 0 Å². The molecule has 164 valence electrons. The Hall–Kier alpha value is -3.49. The van der Waals surface area contributed by atoms with Crippen LogP contribution in [0.25, 0.3) is 0 Å². The van der Waals surface area contributed by atoms with E-state index in [0.29, 0.717) is 18.8 Å². The van der Waals surface area contributed by atoms with Gasteiger partial charge < -0.3 is 20.6 Å². The van der Waals surface area contributed by atoms with E-state index < -0.39 is 17.8 Å². The van der Waals surface area contributed by atoms with Gasteiger partial charge in [0, 0.05) is 37.1 Å². The number of hydrogen-bond donors (Lipinski definition) is 3. The minimum absolute atomic E-state index is 0.0290. The Labute approximate surface area is 177 Å². The van der Waals surface area contributed by atoms with E-state index in [4.69, 9.17) is 5.11 Å². The number of carboxylic acid groups (broad SMARTS) is 1. The summed E-state index contributed by atoms with van der Waals surface area (Å²) in [5.41, 5.74) is 1.93. The molecule has 6 nitrogen and oxygen atoms in total. The van der Waals surface area contributed by atoms with Gasteiger partial charge in [-0.3, -0.25) is 4.79 Å². The van der Waals surface area contributed by atoms with Crippen LogP contribution in [-0.2, 0) is 17.4 Å². The van der Waals surface area contributed by atoms with Gasteiger partial charge in [0.05, 0.1) is 5.56 Å². The molecule has 1 heterocycles. The number of alkyl halides is 3. The van der Waals surface area contributed by atoms with Gasteiger partial charge in [0.15, 0.2) is 0 Å². The number of nitrogens with one attached hydrogen (secondary N) is 2. The molecule has 1 atom stereocenters. The van der Waals surface area contributed by atoms with Gasteiger partial charge in [0.1, 0.15) is 0 Å². The van der Waals surface area contributed by atoms with Crippen molar-refractivity contribution in [1.82, 2.24) is 10.6 Å². The summed E-state index contributed by atoms with van der Waals surface area (Å²) >= 11 is 0. The number of fused-ring (bicyclic) bond motifs is 1. The Kier molecular flexibility index (Phi) is 6.84. The molecule has 0 spiro atoms. The van der Waals surface area contributed by atoms with Crippen molar-refractivity contribution in [1.29, 1.82) is 0 Å². The Morgan fingerprint density at radius 3 is 2.48 bits per heavy atom. The van der Waals surface area contributed by atoms with Crippen LogP contribution in [0.4, 0.5) is 29.3 Å². The van der Waals surface area contributed by atoms with Crippen molar-refractivity contribution in [2.45, 2.75) is 12.6 Å². The Bertz CT molecular complexity index is 958. The number of carbonyl (C=O) groups excluding carboxylic acids is 1. The van der Waals surface area contributed by atoms with Crippen LogP contribution in [0.5, 0.6) is 0 Å². The van der Waals surface area contributed by atoms with Gasteiger partial charge in [0.25, 0.3) is 0 Å². The summed E-state index contributed by atoms with van der Waals surface area (Å²) in [7, 11) is 0. The third-order valence-electron chi connectivity index (χ3n) is 4.94. The van der Waals surface area contributed by atoms with E-state index in [1.54, 1.807) is 0 Å². The normalized spacial score (nSPS) is 16.1. The minimum Gasteiger partial charge on any atom is -0.465 e.